The smallest absolute Gasteiger partial charge is 0.313 e. The average molecular weight is 288 g/mol. The van der Waals surface area contributed by atoms with Gasteiger partial charge in [0, 0.05) is 26.9 Å². The minimum absolute atomic E-state index is 0.00912. The number of hydrogen-bond donors (Lipinski definition) is 0. The van der Waals surface area contributed by atoms with Gasteiger partial charge in [-0.3, -0.25) is 14.4 Å². The number of unbranched alkanes of at least 4 members (excludes halogenated alkanes) is 5. The number of rotatable bonds is 11. The minimum Gasteiger partial charge on any atom is -0.438 e. The summed E-state index contributed by atoms with van der Waals surface area (Å²) in [6, 6.07) is 0. The Kier molecular flexibility index (Phi) is 11.7. The Labute approximate surface area is 119 Å². The number of esters is 3. The topological polar surface area (TPSA) is 78.9 Å². The fourth-order valence-electron chi connectivity index (χ4n) is 1.65. The summed E-state index contributed by atoms with van der Waals surface area (Å²) in [6.45, 7) is 1.23. The van der Waals surface area contributed by atoms with Crippen molar-refractivity contribution in [3.05, 3.63) is 0 Å². The molecule has 0 aliphatic heterocycles. The van der Waals surface area contributed by atoms with Crippen LogP contribution in [-0.2, 0) is 28.6 Å². The Morgan fingerprint density at radius 1 is 0.800 bits per heavy atom. The zero-order valence-electron chi connectivity index (χ0n) is 12.3. The molecule has 0 aliphatic rings. The second-order valence-corrected chi connectivity index (χ2v) is 4.51. The Hall–Kier alpha value is -1.43. The Bertz CT molecular complexity index is 300. The summed E-state index contributed by atoms with van der Waals surface area (Å²) >= 11 is 0. The molecule has 0 bridgehead atoms. The molecule has 0 spiro atoms. The van der Waals surface area contributed by atoms with Gasteiger partial charge in [-0.2, -0.15) is 0 Å². The molecule has 0 aliphatic carbocycles. The van der Waals surface area contributed by atoms with E-state index >= 15 is 0 Å². The Morgan fingerprint density at radius 3 is 1.80 bits per heavy atom. The van der Waals surface area contributed by atoms with Gasteiger partial charge in [0.05, 0.1) is 0 Å². The summed E-state index contributed by atoms with van der Waals surface area (Å²) in [7, 11) is 1.47. The molecule has 20 heavy (non-hydrogen) atoms. The second-order valence-electron chi connectivity index (χ2n) is 4.51. The highest BCUT2D eigenvalue weighted by molar-refractivity contribution is 5.83. The van der Waals surface area contributed by atoms with Gasteiger partial charge in [0.1, 0.15) is 0 Å². The van der Waals surface area contributed by atoms with Gasteiger partial charge in [0.2, 0.25) is 0 Å². The lowest BCUT2D eigenvalue weighted by Gasteiger charge is -2.03. The summed E-state index contributed by atoms with van der Waals surface area (Å²) in [5.74, 6) is -1.26. The molecule has 0 atom stereocenters. The van der Waals surface area contributed by atoms with Crippen molar-refractivity contribution in [2.24, 2.45) is 0 Å². The first kappa shape index (κ1) is 18.6. The molecular weight excluding hydrogens is 264 g/mol. The number of carbonyl (C=O) groups excluding carboxylic acids is 3. The van der Waals surface area contributed by atoms with Crippen molar-refractivity contribution in [3.63, 3.8) is 0 Å². The summed E-state index contributed by atoms with van der Waals surface area (Å²) < 4.78 is 13.8. The third-order valence-electron chi connectivity index (χ3n) is 2.61. The van der Waals surface area contributed by atoms with E-state index in [9.17, 15) is 14.4 Å². The maximum atomic E-state index is 11.1. The van der Waals surface area contributed by atoms with Crippen LogP contribution in [0, 0.1) is 0 Å². The van der Waals surface area contributed by atoms with E-state index in [0.717, 1.165) is 38.5 Å². The van der Waals surface area contributed by atoms with Crippen LogP contribution in [0.4, 0.5) is 0 Å². The van der Waals surface area contributed by atoms with Crippen molar-refractivity contribution in [1.29, 1.82) is 0 Å². The van der Waals surface area contributed by atoms with Gasteiger partial charge >= 0.3 is 17.9 Å². The standard InChI is InChI=1S/C14H24O6/c1-12(15)20-14(17)10-8-6-4-3-5-7-9-13(16)19-11-18-2/h3-11H2,1-2H3. The molecule has 6 heteroatoms. The van der Waals surface area contributed by atoms with E-state index in [2.05, 4.69) is 9.47 Å². The summed E-state index contributed by atoms with van der Waals surface area (Å²) in [5.41, 5.74) is 0. The summed E-state index contributed by atoms with van der Waals surface area (Å²) in [4.78, 5) is 32.7. The lowest BCUT2D eigenvalue weighted by Crippen LogP contribution is -2.08. The predicted molar refractivity (Wildman–Crippen MR) is 71.7 cm³/mol. The quantitative estimate of drug-likeness (QED) is 0.251. The van der Waals surface area contributed by atoms with Crippen molar-refractivity contribution < 1.29 is 28.6 Å². The van der Waals surface area contributed by atoms with E-state index in [1.165, 1.54) is 14.0 Å². The van der Waals surface area contributed by atoms with E-state index in [4.69, 9.17) is 4.74 Å². The molecule has 0 aromatic heterocycles. The van der Waals surface area contributed by atoms with Gasteiger partial charge in [-0.05, 0) is 12.8 Å². The molecule has 0 amide bonds. The zero-order chi connectivity index (χ0) is 15.2. The highest BCUT2D eigenvalue weighted by atomic mass is 16.7. The van der Waals surface area contributed by atoms with Crippen molar-refractivity contribution in [2.75, 3.05) is 13.9 Å². The third-order valence-corrected chi connectivity index (χ3v) is 2.61. The van der Waals surface area contributed by atoms with Gasteiger partial charge in [-0.1, -0.05) is 25.7 Å². The molecule has 0 aromatic carbocycles. The fraction of sp³-hybridized carbons (Fsp3) is 0.786. The molecule has 0 saturated heterocycles. The molecule has 0 radical (unpaired) electrons. The number of methoxy groups -OCH3 is 1. The van der Waals surface area contributed by atoms with Gasteiger partial charge in [-0.25, -0.2) is 0 Å². The molecule has 116 valence electrons. The van der Waals surface area contributed by atoms with Crippen LogP contribution in [0.5, 0.6) is 0 Å². The maximum absolute atomic E-state index is 11.1. The molecule has 6 nitrogen and oxygen atoms in total. The third kappa shape index (κ3) is 13.0. The zero-order valence-corrected chi connectivity index (χ0v) is 12.3. The Morgan fingerprint density at radius 2 is 1.30 bits per heavy atom. The van der Waals surface area contributed by atoms with Gasteiger partial charge < -0.3 is 14.2 Å². The van der Waals surface area contributed by atoms with Crippen molar-refractivity contribution >= 4 is 17.9 Å². The van der Waals surface area contributed by atoms with E-state index in [0.29, 0.717) is 6.42 Å². The highest BCUT2D eigenvalue weighted by Gasteiger charge is 2.05. The minimum atomic E-state index is -0.560. The van der Waals surface area contributed by atoms with E-state index in [1.54, 1.807) is 0 Å². The molecule has 0 fully saturated rings. The van der Waals surface area contributed by atoms with Gasteiger partial charge in [0.15, 0.2) is 6.79 Å². The van der Waals surface area contributed by atoms with Gasteiger partial charge in [-0.15, -0.1) is 0 Å². The predicted octanol–water partition coefficient (Wildman–Crippen LogP) is 2.34. The van der Waals surface area contributed by atoms with Crippen LogP contribution < -0.4 is 0 Å². The lowest BCUT2D eigenvalue weighted by molar-refractivity contribution is -0.158. The van der Waals surface area contributed by atoms with Crippen molar-refractivity contribution in [3.8, 4) is 0 Å². The molecule has 0 saturated carbocycles. The molecular formula is C14H24O6. The van der Waals surface area contributed by atoms with Crippen molar-refractivity contribution in [2.45, 2.75) is 58.3 Å². The lowest BCUT2D eigenvalue weighted by atomic mass is 10.1. The highest BCUT2D eigenvalue weighted by Crippen LogP contribution is 2.09. The summed E-state index contributed by atoms with van der Waals surface area (Å²) in [5, 5.41) is 0. The van der Waals surface area contributed by atoms with Gasteiger partial charge in [0.25, 0.3) is 0 Å². The SMILES string of the molecule is COCOC(=O)CCCCCCCCC(=O)OC(C)=O. The molecule has 0 heterocycles. The van der Waals surface area contributed by atoms with Crippen LogP contribution in [-0.4, -0.2) is 31.8 Å². The van der Waals surface area contributed by atoms with E-state index < -0.39 is 11.9 Å². The average Bonchev–Trinajstić information content (AvgIpc) is 2.38. The molecule has 0 aromatic rings. The summed E-state index contributed by atoms with van der Waals surface area (Å²) in [6.07, 6.45) is 6.11. The first-order valence-corrected chi connectivity index (χ1v) is 6.92. The second kappa shape index (κ2) is 12.6. The normalized spacial score (nSPS) is 10.1. The molecule has 0 rings (SSSR count). The number of hydrogen-bond acceptors (Lipinski definition) is 6. The van der Waals surface area contributed by atoms with Crippen LogP contribution in [0.15, 0.2) is 0 Å². The molecule has 0 unspecified atom stereocenters. The van der Waals surface area contributed by atoms with Crippen LogP contribution >= 0.6 is 0 Å². The van der Waals surface area contributed by atoms with E-state index in [1.807, 2.05) is 0 Å². The number of carbonyl (C=O) groups is 3. The van der Waals surface area contributed by atoms with Crippen LogP contribution in [0.1, 0.15) is 58.3 Å². The first-order chi connectivity index (χ1) is 9.56. The first-order valence-electron chi connectivity index (χ1n) is 6.92. The van der Waals surface area contributed by atoms with E-state index in [-0.39, 0.29) is 19.2 Å². The van der Waals surface area contributed by atoms with Crippen LogP contribution in [0.3, 0.4) is 0 Å². The maximum Gasteiger partial charge on any atom is 0.313 e. The Balaban J connectivity index is 3.26. The molecule has 0 N–H and O–H groups in total. The van der Waals surface area contributed by atoms with Crippen LogP contribution in [0.2, 0.25) is 0 Å². The van der Waals surface area contributed by atoms with Crippen LogP contribution in [0.25, 0.3) is 0 Å². The monoisotopic (exact) mass is 288 g/mol. The van der Waals surface area contributed by atoms with Crippen molar-refractivity contribution in [1.82, 2.24) is 0 Å². The fourth-order valence-corrected chi connectivity index (χ4v) is 1.65. The number of ether oxygens (including phenoxy) is 3. The largest absolute Gasteiger partial charge is 0.438 e.